The highest BCUT2D eigenvalue weighted by Gasteiger charge is 2.09. The second-order valence-electron chi connectivity index (χ2n) is 2.91. The number of hydrazine groups is 1. The standard InChI is InChI=1S/C9H12FN3/c1-6-3-4-8(10)9(5-6)13(12)7(2)11/h3-5,11H,12H2,1-2H3. The van der Waals surface area contributed by atoms with E-state index in [9.17, 15) is 4.39 Å². The van der Waals surface area contributed by atoms with Crippen LogP contribution in [0.5, 0.6) is 0 Å². The zero-order valence-electron chi connectivity index (χ0n) is 7.63. The Kier molecular flexibility index (Phi) is 2.63. The van der Waals surface area contributed by atoms with E-state index in [1.54, 1.807) is 12.1 Å². The first-order valence-corrected chi connectivity index (χ1v) is 3.88. The number of nitrogens with zero attached hydrogens (tertiary/aromatic N) is 1. The monoisotopic (exact) mass is 181 g/mol. The summed E-state index contributed by atoms with van der Waals surface area (Å²) in [6.45, 7) is 3.35. The van der Waals surface area contributed by atoms with Crippen molar-refractivity contribution in [1.82, 2.24) is 0 Å². The lowest BCUT2D eigenvalue weighted by atomic mass is 10.2. The molecule has 0 aromatic heterocycles. The van der Waals surface area contributed by atoms with Gasteiger partial charge in [0.05, 0.1) is 5.69 Å². The van der Waals surface area contributed by atoms with Crippen molar-refractivity contribution >= 4 is 11.5 Å². The van der Waals surface area contributed by atoms with Crippen molar-refractivity contribution in [2.45, 2.75) is 13.8 Å². The fraction of sp³-hybridized carbons (Fsp3) is 0.222. The SMILES string of the molecule is CC(=N)N(N)c1cc(C)ccc1F. The molecule has 70 valence electrons. The summed E-state index contributed by atoms with van der Waals surface area (Å²) in [4.78, 5) is 0. The first-order valence-electron chi connectivity index (χ1n) is 3.88. The number of hydrogen-bond donors (Lipinski definition) is 2. The number of nitrogens with one attached hydrogen (secondary N) is 1. The number of nitrogens with two attached hydrogens (primary N) is 1. The molecule has 13 heavy (non-hydrogen) atoms. The molecule has 0 aliphatic rings. The van der Waals surface area contributed by atoms with Crippen molar-refractivity contribution in [3.05, 3.63) is 29.6 Å². The third-order valence-corrected chi connectivity index (χ3v) is 1.72. The summed E-state index contributed by atoms with van der Waals surface area (Å²) in [5.74, 6) is 5.16. The van der Waals surface area contributed by atoms with Gasteiger partial charge in [0.1, 0.15) is 11.7 Å². The molecule has 0 saturated carbocycles. The number of hydrogen-bond acceptors (Lipinski definition) is 2. The first kappa shape index (κ1) is 9.67. The number of anilines is 1. The number of benzene rings is 1. The van der Waals surface area contributed by atoms with Gasteiger partial charge in [-0.25, -0.2) is 10.2 Å². The predicted molar refractivity (Wildman–Crippen MR) is 51.2 cm³/mol. The quantitative estimate of drug-likeness (QED) is 0.300. The molecule has 0 atom stereocenters. The second-order valence-corrected chi connectivity index (χ2v) is 2.91. The summed E-state index contributed by atoms with van der Waals surface area (Å²) in [5.41, 5.74) is 1.14. The Morgan fingerprint density at radius 1 is 1.54 bits per heavy atom. The molecular formula is C9H12FN3. The topological polar surface area (TPSA) is 53.1 Å². The van der Waals surface area contributed by atoms with Crippen LogP contribution in [0.3, 0.4) is 0 Å². The van der Waals surface area contributed by atoms with E-state index in [1.165, 1.54) is 13.0 Å². The number of amidine groups is 1. The molecule has 3 N–H and O–H groups in total. The Morgan fingerprint density at radius 2 is 2.15 bits per heavy atom. The molecule has 1 rings (SSSR count). The lowest BCUT2D eigenvalue weighted by Crippen LogP contribution is -2.35. The van der Waals surface area contributed by atoms with Gasteiger partial charge in [-0.1, -0.05) is 6.07 Å². The average Bonchev–Trinajstić information content (AvgIpc) is 2.08. The number of aryl methyl sites for hydroxylation is 1. The van der Waals surface area contributed by atoms with E-state index in [2.05, 4.69) is 0 Å². The maximum Gasteiger partial charge on any atom is 0.148 e. The Balaban J connectivity index is 3.12. The van der Waals surface area contributed by atoms with Gasteiger partial charge < -0.3 is 0 Å². The van der Waals surface area contributed by atoms with Crippen LogP contribution < -0.4 is 10.9 Å². The number of rotatable bonds is 1. The van der Waals surface area contributed by atoms with Gasteiger partial charge in [0.2, 0.25) is 0 Å². The van der Waals surface area contributed by atoms with Gasteiger partial charge in [-0.05, 0) is 31.5 Å². The van der Waals surface area contributed by atoms with Gasteiger partial charge >= 0.3 is 0 Å². The van der Waals surface area contributed by atoms with Crippen molar-refractivity contribution in [2.75, 3.05) is 5.01 Å². The van der Waals surface area contributed by atoms with E-state index in [1.807, 2.05) is 6.92 Å². The molecule has 0 amide bonds. The molecule has 0 aliphatic heterocycles. The van der Waals surface area contributed by atoms with E-state index < -0.39 is 5.82 Å². The Labute approximate surface area is 76.4 Å². The molecule has 0 spiro atoms. The van der Waals surface area contributed by atoms with Crippen LogP contribution in [0.1, 0.15) is 12.5 Å². The van der Waals surface area contributed by atoms with Gasteiger partial charge in [-0.15, -0.1) is 0 Å². The molecule has 0 unspecified atom stereocenters. The Bertz CT molecular complexity index is 336. The number of halogens is 1. The van der Waals surface area contributed by atoms with E-state index in [-0.39, 0.29) is 11.5 Å². The molecule has 0 aliphatic carbocycles. The van der Waals surface area contributed by atoms with Crippen LogP contribution in [0.2, 0.25) is 0 Å². The van der Waals surface area contributed by atoms with Crippen molar-refractivity contribution in [3.63, 3.8) is 0 Å². The van der Waals surface area contributed by atoms with Crippen LogP contribution in [-0.2, 0) is 0 Å². The highest BCUT2D eigenvalue weighted by Crippen LogP contribution is 2.18. The maximum atomic E-state index is 13.2. The molecule has 0 heterocycles. The Hall–Kier alpha value is -1.42. The van der Waals surface area contributed by atoms with Crippen LogP contribution in [0.4, 0.5) is 10.1 Å². The first-order chi connectivity index (χ1) is 6.02. The minimum atomic E-state index is -0.417. The van der Waals surface area contributed by atoms with Crippen molar-refractivity contribution in [2.24, 2.45) is 5.84 Å². The van der Waals surface area contributed by atoms with Gasteiger partial charge in [-0.3, -0.25) is 10.4 Å². The maximum absolute atomic E-state index is 13.2. The van der Waals surface area contributed by atoms with Crippen LogP contribution >= 0.6 is 0 Å². The third kappa shape index (κ3) is 2.03. The summed E-state index contributed by atoms with van der Waals surface area (Å²) in [6, 6.07) is 4.60. The summed E-state index contributed by atoms with van der Waals surface area (Å²) in [7, 11) is 0. The molecule has 0 saturated heterocycles. The minimum absolute atomic E-state index is 0.101. The highest BCUT2D eigenvalue weighted by molar-refractivity contribution is 5.92. The molecular weight excluding hydrogens is 169 g/mol. The molecule has 4 heteroatoms. The largest absolute Gasteiger partial charge is 0.287 e. The summed E-state index contributed by atoms with van der Waals surface area (Å²) in [5, 5.41) is 8.26. The van der Waals surface area contributed by atoms with Gasteiger partial charge in [0, 0.05) is 0 Å². The summed E-state index contributed by atoms with van der Waals surface area (Å²) >= 11 is 0. The van der Waals surface area contributed by atoms with Crippen molar-refractivity contribution in [3.8, 4) is 0 Å². The van der Waals surface area contributed by atoms with Gasteiger partial charge in [-0.2, -0.15) is 0 Å². The summed E-state index contributed by atoms with van der Waals surface area (Å²) in [6.07, 6.45) is 0. The zero-order valence-corrected chi connectivity index (χ0v) is 7.63. The second kappa shape index (κ2) is 3.53. The van der Waals surface area contributed by atoms with Crippen LogP contribution in [0.15, 0.2) is 18.2 Å². The van der Waals surface area contributed by atoms with E-state index >= 15 is 0 Å². The van der Waals surface area contributed by atoms with E-state index in [0.717, 1.165) is 10.6 Å². The molecule has 1 aromatic carbocycles. The Morgan fingerprint density at radius 3 is 2.69 bits per heavy atom. The molecule has 1 aromatic rings. The zero-order chi connectivity index (χ0) is 10.0. The molecule has 3 nitrogen and oxygen atoms in total. The van der Waals surface area contributed by atoms with E-state index in [4.69, 9.17) is 11.3 Å². The van der Waals surface area contributed by atoms with Gasteiger partial charge in [0.25, 0.3) is 0 Å². The molecule has 0 bridgehead atoms. The average molecular weight is 181 g/mol. The lowest BCUT2D eigenvalue weighted by Gasteiger charge is -2.17. The van der Waals surface area contributed by atoms with E-state index in [0.29, 0.717) is 0 Å². The minimum Gasteiger partial charge on any atom is -0.287 e. The summed E-state index contributed by atoms with van der Waals surface area (Å²) < 4.78 is 13.2. The fourth-order valence-electron chi connectivity index (χ4n) is 0.988. The molecule has 0 radical (unpaired) electrons. The predicted octanol–water partition coefficient (Wildman–Crippen LogP) is 1.81. The lowest BCUT2D eigenvalue weighted by molar-refractivity contribution is 0.626. The third-order valence-electron chi connectivity index (χ3n) is 1.72. The molecule has 0 fully saturated rings. The van der Waals surface area contributed by atoms with Crippen LogP contribution in [0, 0.1) is 18.2 Å². The van der Waals surface area contributed by atoms with Crippen molar-refractivity contribution in [1.29, 1.82) is 5.41 Å². The smallest absolute Gasteiger partial charge is 0.148 e. The fourth-order valence-corrected chi connectivity index (χ4v) is 0.988. The van der Waals surface area contributed by atoms with Crippen molar-refractivity contribution < 1.29 is 4.39 Å². The highest BCUT2D eigenvalue weighted by atomic mass is 19.1. The van der Waals surface area contributed by atoms with Crippen LogP contribution in [-0.4, -0.2) is 5.84 Å². The van der Waals surface area contributed by atoms with Gasteiger partial charge in [0.15, 0.2) is 0 Å². The van der Waals surface area contributed by atoms with Crippen LogP contribution in [0.25, 0.3) is 0 Å². The normalized spacial score (nSPS) is 9.85.